The normalized spacial score (nSPS) is 13.7. The van der Waals surface area contributed by atoms with E-state index in [2.05, 4.69) is 15.8 Å². The lowest BCUT2D eigenvalue weighted by molar-refractivity contribution is 0.638. The summed E-state index contributed by atoms with van der Waals surface area (Å²) in [7, 11) is 2.29. The predicted molar refractivity (Wildman–Crippen MR) is 42.9 cm³/mol. The topological polar surface area (TPSA) is 0 Å². The molecule has 2 heteroatoms. The van der Waals surface area contributed by atoms with Crippen LogP contribution in [0.5, 0.6) is 0 Å². The molecule has 0 aromatic rings. The molecule has 0 rings (SSSR count). The summed E-state index contributed by atoms with van der Waals surface area (Å²) >= 11 is 0. The van der Waals surface area contributed by atoms with E-state index in [-0.39, 0.29) is 5.83 Å². The van der Waals surface area contributed by atoms with Gasteiger partial charge in [-0.3, -0.25) is 0 Å². The molecular formula is C7H10FP. The minimum atomic E-state index is -0.182. The molecule has 0 aromatic carbocycles. The molecule has 0 nitrogen and oxygen atoms in total. The highest BCUT2D eigenvalue weighted by molar-refractivity contribution is 7.23. The zero-order chi connectivity index (χ0) is 7.28. The number of halogens is 1. The van der Waals surface area contributed by atoms with Crippen LogP contribution in [0.2, 0.25) is 0 Å². The first kappa shape index (κ1) is 8.58. The van der Waals surface area contributed by atoms with Crippen molar-refractivity contribution in [1.29, 1.82) is 0 Å². The van der Waals surface area contributed by atoms with Crippen LogP contribution < -0.4 is 0 Å². The second kappa shape index (κ2) is 4.46. The molecule has 0 saturated carbocycles. The first-order valence-corrected chi connectivity index (χ1v) is 3.17. The maximum absolute atomic E-state index is 12.2. The molecule has 0 aromatic heterocycles. The molecule has 0 saturated heterocycles. The summed E-state index contributed by atoms with van der Waals surface area (Å²) in [6.07, 6.45) is 4.94. The second-order valence-electron chi connectivity index (χ2n) is 1.58. The molecule has 1 unspecified atom stereocenters. The molecule has 0 amide bonds. The zero-order valence-corrected chi connectivity index (χ0v) is 6.55. The minimum Gasteiger partial charge on any atom is -0.211 e. The Morgan fingerprint density at radius 3 is 2.56 bits per heavy atom. The second-order valence-corrected chi connectivity index (χ2v) is 2.21. The molecule has 0 aliphatic carbocycles. The van der Waals surface area contributed by atoms with Crippen LogP contribution in [0.3, 0.4) is 0 Å². The molecule has 1 atom stereocenters. The number of rotatable bonds is 2. The highest BCUT2D eigenvalue weighted by Crippen LogP contribution is 2.13. The van der Waals surface area contributed by atoms with Crippen LogP contribution in [0.15, 0.2) is 35.9 Å². The van der Waals surface area contributed by atoms with Gasteiger partial charge in [-0.05, 0) is 6.92 Å². The van der Waals surface area contributed by atoms with Gasteiger partial charge in [-0.25, -0.2) is 4.39 Å². The smallest absolute Gasteiger partial charge is 0.104 e. The van der Waals surface area contributed by atoms with Crippen molar-refractivity contribution in [2.24, 2.45) is 0 Å². The Bertz CT molecular complexity index is 152. The van der Waals surface area contributed by atoms with Crippen molar-refractivity contribution in [3.05, 3.63) is 35.9 Å². The van der Waals surface area contributed by atoms with Gasteiger partial charge in [0.15, 0.2) is 0 Å². The quantitative estimate of drug-likeness (QED) is 0.413. The number of hydrogen-bond donors (Lipinski definition) is 0. The fourth-order valence-corrected chi connectivity index (χ4v) is 0.398. The first-order valence-electron chi connectivity index (χ1n) is 2.59. The van der Waals surface area contributed by atoms with E-state index in [0.29, 0.717) is 5.31 Å². The van der Waals surface area contributed by atoms with Crippen molar-refractivity contribution in [2.75, 3.05) is 0 Å². The fraction of sp³-hybridized carbons (Fsp3) is 0.143. The lowest BCUT2D eigenvalue weighted by Gasteiger charge is -1.87. The van der Waals surface area contributed by atoms with Gasteiger partial charge in [0.05, 0.1) is 0 Å². The van der Waals surface area contributed by atoms with E-state index in [1.54, 1.807) is 18.2 Å². The van der Waals surface area contributed by atoms with E-state index in [4.69, 9.17) is 0 Å². The summed E-state index contributed by atoms with van der Waals surface area (Å²) in [6, 6.07) is 0. The Labute approximate surface area is 57.4 Å². The fourth-order valence-electron chi connectivity index (χ4n) is 0.287. The van der Waals surface area contributed by atoms with Crippen molar-refractivity contribution in [2.45, 2.75) is 6.92 Å². The highest BCUT2D eigenvalue weighted by atomic mass is 31.0. The summed E-state index contributed by atoms with van der Waals surface area (Å²) in [6.45, 7) is 4.86. The molecular weight excluding hydrogens is 134 g/mol. The van der Waals surface area contributed by atoms with Gasteiger partial charge < -0.3 is 0 Å². The maximum atomic E-state index is 12.2. The van der Waals surface area contributed by atoms with Crippen molar-refractivity contribution >= 4 is 9.24 Å². The van der Waals surface area contributed by atoms with Crippen LogP contribution in [0.4, 0.5) is 4.39 Å². The Hall–Kier alpha value is -0.420. The van der Waals surface area contributed by atoms with E-state index in [1.807, 2.05) is 0 Å². The van der Waals surface area contributed by atoms with Crippen LogP contribution in [0.25, 0.3) is 0 Å². The van der Waals surface area contributed by atoms with Gasteiger partial charge in [-0.1, -0.05) is 24.8 Å². The van der Waals surface area contributed by atoms with Crippen molar-refractivity contribution in [3.63, 3.8) is 0 Å². The average Bonchev–Trinajstić information content (AvgIpc) is 1.82. The van der Waals surface area contributed by atoms with Gasteiger partial charge >= 0.3 is 0 Å². The third kappa shape index (κ3) is 4.11. The van der Waals surface area contributed by atoms with Crippen LogP contribution in [0, 0.1) is 0 Å². The van der Waals surface area contributed by atoms with Crippen LogP contribution >= 0.6 is 9.24 Å². The molecule has 0 fully saturated rings. The third-order valence-corrected chi connectivity index (χ3v) is 1.40. The molecule has 0 heterocycles. The molecule has 0 aliphatic heterocycles. The number of hydrogen-bond acceptors (Lipinski definition) is 0. The Morgan fingerprint density at radius 2 is 2.22 bits per heavy atom. The summed E-state index contributed by atoms with van der Waals surface area (Å²) in [5.74, 6) is -0.182. The van der Waals surface area contributed by atoms with E-state index < -0.39 is 0 Å². The van der Waals surface area contributed by atoms with Crippen molar-refractivity contribution in [1.82, 2.24) is 0 Å². The maximum Gasteiger partial charge on any atom is 0.104 e. The predicted octanol–water partition coefficient (Wildman–Crippen LogP) is 2.80. The largest absolute Gasteiger partial charge is 0.211 e. The summed E-state index contributed by atoms with van der Waals surface area (Å²) in [5, 5.41) is 0.565. The standard InChI is InChI=1S/C7H10FP/c1-3-4-5-7(9)6(2)8/h3-5H,1,9H2,2H3/b5-4-,7-6-. The van der Waals surface area contributed by atoms with E-state index in [1.165, 1.54) is 6.92 Å². The van der Waals surface area contributed by atoms with Gasteiger partial charge in [0.1, 0.15) is 5.83 Å². The lowest BCUT2D eigenvalue weighted by Crippen LogP contribution is -1.64. The molecule has 0 spiro atoms. The molecule has 0 aliphatic rings. The van der Waals surface area contributed by atoms with Crippen molar-refractivity contribution in [3.8, 4) is 0 Å². The van der Waals surface area contributed by atoms with Gasteiger partial charge in [-0.15, -0.1) is 9.24 Å². The van der Waals surface area contributed by atoms with Gasteiger partial charge in [0.25, 0.3) is 0 Å². The monoisotopic (exact) mass is 144 g/mol. The molecule has 0 bridgehead atoms. The van der Waals surface area contributed by atoms with Gasteiger partial charge in [-0.2, -0.15) is 0 Å². The molecule has 0 radical (unpaired) electrons. The van der Waals surface area contributed by atoms with Gasteiger partial charge in [0, 0.05) is 5.31 Å². The Balaban J connectivity index is 4.06. The molecule has 50 valence electrons. The Morgan fingerprint density at radius 1 is 1.67 bits per heavy atom. The van der Waals surface area contributed by atoms with E-state index in [0.717, 1.165) is 0 Å². The summed E-state index contributed by atoms with van der Waals surface area (Å²) in [5.41, 5.74) is 0. The van der Waals surface area contributed by atoms with Crippen molar-refractivity contribution < 1.29 is 4.39 Å². The summed E-state index contributed by atoms with van der Waals surface area (Å²) in [4.78, 5) is 0. The van der Waals surface area contributed by atoms with Crippen LogP contribution in [-0.2, 0) is 0 Å². The van der Waals surface area contributed by atoms with E-state index in [9.17, 15) is 4.39 Å². The highest BCUT2D eigenvalue weighted by Gasteiger charge is 1.86. The zero-order valence-electron chi connectivity index (χ0n) is 5.39. The van der Waals surface area contributed by atoms with Gasteiger partial charge in [0.2, 0.25) is 0 Å². The third-order valence-electron chi connectivity index (χ3n) is 0.810. The van der Waals surface area contributed by atoms with E-state index >= 15 is 0 Å². The van der Waals surface area contributed by atoms with Crippen LogP contribution in [-0.4, -0.2) is 0 Å². The van der Waals surface area contributed by atoms with Crippen LogP contribution in [0.1, 0.15) is 6.92 Å². The summed E-state index contributed by atoms with van der Waals surface area (Å²) < 4.78 is 12.2. The molecule has 9 heavy (non-hydrogen) atoms. The lowest BCUT2D eigenvalue weighted by atomic mass is 10.4. The molecule has 0 N–H and O–H groups in total. The first-order chi connectivity index (χ1) is 4.18. The SMILES string of the molecule is C=C/C=C\C(P)=C(/C)F. The minimum absolute atomic E-state index is 0.182. The number of allylic oxidation sites excluding steroid dienone is 5. The Kier molecular flexibility index (Phi) is 4.25. The average molecular weight is 144 g/mol.